The lowest BCUT2D eigenvalue weighted by Gasteiger charge is -2.28. The summed E-state index contributed by atoms with van der Waals surface area (Å²) in [6.45, 7) is 13.2. The van der Waals surface area contributed by atoms with E-state index in [0.717, 1.165) is 37.0 Å². The predicted octanol–water partition coefficient (Wildman–Crippen LogP) is 6.55. The SMILES string of the molecule is COc1c(-n2nc3cc(Br)cc(Br)c3n2)cc(C(C)(C)C)cc1C(C)(C)C. The van der Waals surface area contributed by atoms with Crippen LogP contribution in [0.3, 0.4) is 0 Å². The molecule has 0 saturated carbocycles. The molecule has 27 heavy (non-hydrogen) atoms. The van der Waals surface area contributed by atoms with Gasteiger partial charge in [0.25, 0.3) is 0 Å². The summed E-state index contributed by atoms with van der Waals surface area (Å²) < 4.78 is 7.71. The minimum atomic E-state index is -0.0719. The highest BCUT2D eigenvalue weighted by molar-refractivity contribution is 9.11. The standard InChI is InChI=1S/C21H25Br2N3O/c1-20(2,3)12-8-14(21(4,5)6)19(27-7)17(9-12)26-24-16-11-13(22)10-15(23)18(16)25-26/h8-11H,1-7H3. The Balaban J connectivity index is 2.36. The molecule has 0 spiro atoms. The molecule has 0 radical (unpaired) electrons. The number of rotatable bonds is 2. The smallest absolute Gasteiger partial charge is 0.150 e. The molecule has 1 aromatic heterocycles. The molecule has 0 amide bonds. The topological polar surface area (TPSA) is 39.9 Å². The zero-order chi connectivity index (χ0) is 20.1. The van der Waals surface area contributed by atoms with Gasteiger partial charge in [0.05, 0.1) is 7.11 Å². The first kappa shape index (κ1) is 20.3. The molecule has 144 valence electrons. The summed E-state index contributed by atoms with van der Waals surface area (Å²) in [7, 11) is 1.71. The van der Waals surface area contributed by atoms with Gasteiger partial charge in [-0.2, -0.15) is 0 Å². The van der Waals surface area contributed by atoms with E-state index in [0.29, 0.717) is 0 Å². The minimum absolute atomic E-state index is 0.00277. The average molecular weight is 495 g/mol. The van der Waals surface area contributed by atoms with Gasteiger partial charge in [-0.05, 0) is 50.5 Å². The van der Waals surface area contributed by atoms with E-state index in [4.69, 9.17) is 14.9 Å². The van der Waals surface area contributed by atoms with Crippen molar-refractivity contribution in [3.8, 4) is 11.4 Å². The molecule has 3 rings (SSSR count). The maximum atomic E-state index is 5.85. The van der Waals surface area contributed by atoms with E-state index in [-0.39, 0.29) is 10.8 Å². The molecule has 0 aliphatic rings. The third-order valence-electron chi connectivity index (χ3n) is 4.57. The number of benzene rings is 2. The summed E-state index contributed by atoms with van der Waals surface area (Å²) in [5.41, 5.74) is 4.79. The van der Waals surface area contributed by atoms with Crippen molar-refractivity contribution in [1.82, 2.24) is 15.0 Å². The molecule has 0 N–H and O–H groups in total. The van der Waals surface area contributed by atoms with Gasteiger partial charge in [0.1, 0.15) is 22.5 Å². The predicted molar refractivity (Wildman–Crippen MR) is 118 cm³/mol. The second-order valence-electron chi connectivity index (χ2n) is 8.82. The van der Waals surface area contributed by atoms with Crippen molar-refractivity contribution in [3.05, 3.63) is 44.3 Å². The van der Waals surface area contributed by atoms with Crippen molar-refractivity contribution >= 4 is 42.9 Å². The summed E-state index contributed by atoms with van der Waals surface area (Å²) >= 11 is 7.11. The van der Waals surface area contributed by atoms with Crippen LogP contribution >= 0.6 is 31.9 Å². The second kappa shape index (κ2) is 6.89. The highest BCUT2D eigenvalue weighted by atomic mass is 79.9. The fourth-order valence-corrected chi connectivity index (χ4v) is 4.30. The molecule has 1 heterocycles. The van der Waals surface area contributed by atoms with Crippen LogP contribution < -0.4 is 4.74 Å². The van der Waals surface area contributed by atoms with Gasteiger partial charge in [-0.15, -0.1) is 15.0 Å². The summed E-state index contributed by atoms with van der Waals surface area (Å²) in [4.78, 5) is 1.69. The van der Waals surface area contributed by atoms with Gasteiger partial charge in [-0.1, -0.05) is 63.5 Å². The Bertz CT molecular complexity index is 1010. The van der Waals surface area contributed by atoms with E-state index in [1.807, 2.05) is 12.1 Å². The Morgan fingerprint density at radius 1 is 0.889 bits per heavy atom. The molecule has 0 unspecified atom stereocenters. The van der Waals surface area contributed by atoms with Crippen LogP contribution in [0.4, 0.5) is 0 Å². The van der Waals surface area contributed by atoms with Crippen molar-refractivity contribution in [2.24, 2.45) is 0 Å². The van der Waals surface area contributed by atoms with E-state index in [1.165, 1.54) is 5.56 Å². The van der Waals surface area contributed by atoms with E-state index in [9.17, 15) is 0 Å². The van der Waals surface area contributed by atoms with Crippen LogP contribution in [0, 0.1) is 0 Å². The van der Waals surface area contributed by atoms with Crippen LogP contribution in [0.1, 0.15) is 52.7 Å². The summed E-state index contributed by atoms with van der Waals surface area (Å²) in [5.74, 6) is 0.811. The molecule has 4 nitrogen and oxygen atoms in total. The maximum Gasteiger partial charge on any atom is 0.150 e. The first-order valence-electron chi connectivity index (χ1n) is 8.87. The quantitative estimate of drug-likeness (QED) is 0.405. The summed E-state index contributed by atoms with van der Waals surface area (Å²) in [6.07, 6.45) is 0. The summed E-state index contributed by atoms with van der Waals surface area (Å²) in [6, 6.07) is 8.33. The van der Waals surface area contributed by atoms with Crippen molar-refractivity contribution in [2.45, 2.75) is 52.4 Å². The molecule has 0 atom stereocenters. The average Bonchev–Trinajstić information content (AvgIpc) is 2.95. The fraction of sp³-hybridized carbons (Fsp3) is 0.429. The lowest BCUT2D eigenvalue weighted by atomic mass is 9.79. The number of nitrogens with zero attached hydrogens (tertiary/aromatic N) is 3. The van der Waals surface area contributed by atoms with Gasteiger partial charge in [0.2, 0.25) is 0 Å². The van der Waals surface area contributed by atoms with Gasteiger partial charge in [0, 0.05) is 14.5 Å². The monoisotopic (exact) mass is 493 g/mol. The Morgan fingerprint density at radius 3 is 2.11 bits per heavy atom. The van der Waals surface area contributed by atoms with Crippen LogP contribution in [-0.4, -0.2) is 22.1 Å². The largest absolute Gasteiger partial charge is 0.494 e. The molecule has 0 fully saturated rings. The Morgan fingerprint density at radius 2 is 1.56 bits per heavy atom. The van der Waals surface area contributed by atoms with E-state index >= 15 is 0 Å². The first-order chi connectivity index (χ1) is 12.4. The molecular formula is C21H25Br2N3O. The number of fused-ring (bicyclic) bond motifs is 1. The number of ether oxygens (including phenoxy) is 1. The molecule has 3 aromatic rings. The molecule has 0 saturated heterocycles. The van der Waals surface area contributed by atoms with Crippen LogP contribution in [0.5, 0.6) is 5.75 Å². The van der Waals surface area contributed by atoms with E-state index in [2.05, 4.69) is 85.5 Å². The number of halogens is 2. The van der Waals surface area contributed by atoms with Gasteiger partial charge < -0.3 is 4.74 Å². The van der Waals surface area contributed by atoms with Crippen molar-refractivity contribution < 1.29 is 4.74 Å². The molecule has 6 heteroatoms. The van der Waals surface area contributed by atoms with Gasteiger partial charge in [0.15, 0.2) is 0 Å². The first-order valence-corrected chi connectivity index (χ1v) is 10.5. The van der Waals surface area contributed by atoms with Gasteiger partial charge >= 0.3 is 0 Å². The van der Waals surface area contributed by atoms with E-state index in [1.54, 1.807) is 11.9 Å². The third kappa shape index (κ3) is 3.92. The fourth-order valence-electron chi connectivity index (χ4n) is 3.02. The normalized spacial score (nSPS) is 12.6. The molecule has 2 aromatic carbocycles. The Kier molecular flexibility index (Phi) is 5.19. The highest BCUT2D eigenvalue weighted by Crippen LogP contribution is 2.40. The molecule has 0 aliphatic heterocycles. The lowest BCUT2D eigenvalue weighted by Crippen LogP contribution is -2.19. The van der Waals surface area contributed by atoms with Gasteiger partial charge in [-0.25, -0.2) is 0 Å². The van der Waals surface area contributed by atoms with Crippen molar-refractivity contribution in [3.63, 3.8) is 0 Å². The lowest BCUT2D eigenvalue weighted by molar-refractivity contribution is 0.392. The minimum Gasteiger partial charge on any atom is -0.494 e. The van der Waals surface area contributed by atoms with Crippen LogP contribution in [0.2, 0.25) is 0 Å². The van der Waals surface area contributed by atoms with Crippen LogP contribution in [-0.2, 0) is 10.8 Å². The van der Waals surface area contributed by atoms with Gasteiger partial charge in [-0.3, -0.25) is 0 Å². The van der Waals surface area contributed by atoms with Crippen LogP contribution in [0.25, 0.3) is 16.7 Å². The van der Waals surface area contributed by atoms with Crippen molar-refractivity contribution in [2.75, 3.05) is 7.11 Å². The molecule has 0 aliphatic carbocycles. The zero-order valence-corrected chi connectivity index (χ0v) is 20.0. The Hall–Kier alpha value is -1.40. The summed E-state index contributed by atoms with van der Waals surface area (Å²) in [5, 5.41) is 9.46. The van der Waals surface area contributed by atoms with E-state index < -0.39 is 0 Å². The maximum absolute atomic E-state index is 5.85. The molecular weight excluding hydrogens is 470 g/mol. The number of hydrogen-bond acceptors (Lipinski definition) is 3. The van der Waals surface area contributed by atoms with Crippen molar-refractivity contribution in [1.29, 1.82) is 0 Å². The number of aromatic nitrogens is 3. The molecule has 0 bridgehead atoms. The Labute approximate surface area is 177 Å². The third-order valence-corrected chi connectivity index (χ3v) is 5.63. The second-order valence-corrected chi connectivity index (χ2v) is 10.6. The number of hydrogen-bond donors (Lipinski definition) is 0. The zero-order valence-electron chi connectivity index (χ0n) is 16.8. The highest BCUT2D eigenvalue weighted by Gasteiger charge is 2.27. The van der Waals surface area contributed by atoms with Crippen LogP contribution in [0.15, 0.2) is 33.2 Å². The number of methoxy groups -OCH3 is 1.